The van der Waals surface area contributed by atoms with Crippen LogP contribution in [0.5, 0.6) is 11.5 Å². The topological polar surface area (TPSA) is 258 Å². The number of carbonyl (C=O) groups excluding carboxylic acids is 4. The molecule has 0 aliphatic carbocycles. The highest BCUT2D eigenvalue weighted by Crippen LogP contribution is 2.39. The second-order valence-corrected chi connectivity index (χ2v) is 12.9. The molecule has 0 bridgehead atoms. The molecule has 3 aromatic heterocycles. The summed E-state index contributed by atoms with van der Waals surface area (Å²) in [5, 5.41) is 14.5. The molecular formula is C42H57N13O6. The quantitative estimate of drug-likeness (QED) is 0.0324. The lowest BCUT2D eigenvalue weighted by atomic mass is 10.1. The number of benzene rings is 2. The van der Waals surface area contributed by atoms with Crippen molar-refractivity contribution in [3.8, 4) is 11.5 Å². The van der Waals surface area contributed by atoms with E-state index in [9.17, 15) is 19.2 Å². The number of imidazole rings is 1. The van der Waals surface area contributed by atoms with Crippen LogP contribution in [0.2, 0.25) is 0 Å². The number of nitrogens with one attached hydrogen (secondary N) is 2. The highest BCUT2D eigenvalue weighted by atomic mass is 16.5. The average molecular weight is 840 g/mol. The number of anilines is 2. The number of carbonyl (C=O) groups is 4. The van der Waals surface area contributed by atoms with Crippen LogP contribution in [0.15, 0.2) is 65.7 Å². The van der Waals surface area contributed by atoms with Crippen LogP contribution in [0, 0.1) is 13.8 Å². The maximum Gasteiger partial charge on any atom is 0.270 e. The fraction of sp³-hybridized carbons (Fsp3) is 0.333. The number of nitrogens with zero attached hydrogens (tertiary/aromatic N) is 8. The Bertz CT molecular complexity index is 2340. The van der Waals surface area contributed by atoms with Gasteiger partial charge in [-0.05, 0) is 77.9 Å². The second kappa shape index (κ2) is 24.1. The first-order chi connectivity index (χ1) is 29.5. The molecule has 2 amide bonds. The number of ether oxygens (including phenoxy) is 2. The normalized spacial score (nSPS) is 10.8. The SMILES string of the molecule is C=Nc1cc(C=O)cc(OC)c1N(C/C=C/Cn1c(NC)nc2cc(C(N)=O)cc(OC/C=C/CN)c21)CNC(=O)c1cc(C)nn1CC.CCn1nc(C)cc1C=O.CN. The van der Waals surface area contributed by atoms with Gasteiger partial charge in [-0.2, -0.15) is 10.2 Å². The lowest BCUT2D eigenvalue weighted by molar-refractivity contribution is 0.0941. The van der Waals surface area contributed by atoms with Gasteiger partial charge in [-0.25, -0.2) is 4.98 Å². The number of amides is 2. The molecule has 0 spiro atoms. The van der Waals surface area contributed by atoms with E-state index in [0.717, 1.165) is 24.2 Å². The van der Waals surface area contributed by atoms with E-state index in [1.54, 1.807) is 65.0 Å². The fourth-order valence-electron chi connectivity index (χ4n) is 6.19. The Hall–Kier alpha value is -7.12. The number of fused-ring (bicyclic) bond motifs is 1. The number of primary amides is 1. The van der Waals surface area contributed by atoms with Crippen molar-refractivity contribution in [1.29, 1.82) is 0 Å². The summed E-state index contributed by atoms with van der Waals surface area (Å²) in [5.74, 6) is 0.456. The minimum atomic E-state index is -0.601. The molecule has 326 valence electrons. The first-order valence-corrected chi connectivity index (χ1v) is 19.4. The number of allylic oxidation sites excluding steroid dienone is 1. The molecule has 5 rings (SSSR count). The first kappa shape index (κ1) is 48.3. The van der Waals surface area contributed by atoms with E-state index in [1.807, 2.05) is 49.3 Å². The molecule has 61 heavy (non-hydrogen) atoms. The third-order valence-electron chi connectivity index (χ3n) is 8.87. The van der Waals surface area contributed by atoms with E-state index in [4.69, 9.17) is 20.9 Å². The maximum absolute atomic E-state index is 13.3. The van der Waals surface area contributed by atoms with Gasteiger partial charge in [0, 0.05) is 50.9 Å². The number of methoxy groups -OCH3 is 1. The summed E-state index contributed by atoms with van der Waals surface area (Å²) in [6, 6.07) is 9.93. The zero-order valence-electron chi connectivity index (χ0n) is 35.8. The molecule has 0 atom stereocenters. The van der Waals surface area contributed by atoms with Crippen molar-refractivity contribution in [2.45, 2.75) is 47.3 Å². The minimum Gasteiger partial charge on any atom is -0.494 e. The Morgan fingerprint density at radius 3 is 2.23 bits per heavy atom. The van der Waals surface area contributed by atoms with Gasteiger partial charge in [0.25, 0.3) is 5.91 Å². The molecule has 0 aliphatic heterocycles. The summed E-state index contributed by atoms with van der Waals surface area (Å²) in [5.41, 5.74) is 21.1. The van der Waals surface area contributed by atoms with Crippen LogP contribution in [0.3, 0.4) is 0 Å². The average Bonchev–Trinajstić information content (AvgIpc) is 3.98. The van der Waals surface area contributed by atoms with Gasteiger partial charge in [-0.3, -0.25) is 33.5 Å². The Balaban J connectivity index is 0.000000716. The molecule has 8 N–H and O–H groups in total. The number of aliphatic imine (C=N–C) groups is 1. The number of hydrogen-bond acceptors (Lipinski definition) is 14. The monoisotopic (exact) mass is 839 g/mol. The van der Waals surface area contributed by atoms with Crippen LogP contribution in [0.4, 0.5) is 17.3 Å². The predicted molar refractivity (Wildman–Crippen MR) is 239 cm³/mol. The number of aryl methyl sites for hydroxylation is 4. The van der Waals surface area contributed by atoms with Gasteiger partial charge in [0.1, 0.15) is 47.0 Å². The number of hydrogen-bond donors (Lipinski definition) is 5. The molecule has 0 fully saturated rings. The lowest BCUT2D eigenvalue weighted by Gasteiger charge is -2.27. The van der Waals surface area contributed by atoms with E-state index in [2.05, 4.69) is 43.3 Å². The van der Waals surface area contributed by atoms with E-state index in [0.29, 0.717) is 89.3 Å². The van der Waals surface area contributed by atoms with Gasteiger partial charge in [0.05, 0.1) is 36.4 Å². The molecule has 5 aromatic rings. The molecule has 3 heterocycles. The van der Waals surface area contributed by atoms with Crippen LogP contribution < -0.4 is 42.2 Å². The number of nitrogens with two attached hydrogens (primary N) is 3. The van der Waals surface area contributed by atoms with E-state index >= 15 is 0 Å². The third-order valence-corrected chi connectivity index (χ3v) is 8.87. The van der Waals surface area contributed by atoms with Crippen molar-refractivity contribution in [3.63, 3.8) is 0 Å². The Morgan fingerprint density at radius 2 is 1.64 bits per heavy atom. The van der Waals surface area contributed by atoms with E-state index < -0.39 is 5.91 Å². The highest BCUT2D eigenvalue weighted by Gasteiger charge is 2.21. The van der Waals surface area contributed by atoms with Gasteiger partial charge in [-0.1, -0.05) is 24.3 Å². The van der Waals surface area contributed by atoms with E-state index in [-0.39, 0.29) is 24.7 Å². The summed E-state index contributed by atoms with van der Waals surface area (Å²) in [7, 11) is 4.74. The first-order valence-electron chi connectivity index (χ1n) is 19.4. The number of rotatable bonds is 20. The van der Waals surface area contributed by atoms with Crippen molar-refractivity contribution in [2.24, 2.45) is 22.2 Å². The molecule has 2 aromatic carbocycles. The molecule has 0 unspecified atom stereocenters. The van der Waals surface area contributed by atoms with Gasteiger partial charge in [-0.15, -0.1) is 0 Å². The van der Waals surface area contributed by atoms with Crippen LogP contribution in [-0.2, 0) is 19.6 Å². The maximum atomic E-state index is 13.3. The zero-order valence-corrected chi connectivity index (χ0v) is 35.8. The number of aldehydes is 2. The fourth-order valence-corrected chi connectivity index (χ4v) is 6.19. The second-order valence-electron chi connectivity index (χ2n) is 12.9. The van der Waals surface area contributed by atoms with Gasteiger partial charge in [0.2, 0.25) is 11.9 Å². The van der Waals surface area contributed by atoms with Crippen molar-refractivity contribution in [3.05, 3.63) is 94.6 Å². The van der Waals surface area contributed by atoms with Crippen molar-refractivity contribution in [1.82, 2.24) is 34.4 Å². The van der Waals surface area contributed by atoms with Crippen molar-refractivity contribution in [2.75, 3.05) is 57.8 Å². The number of aromatic nitrogens is 6. The van der Waals surface area contributed by atoms with Crippen LogP contribution >= 0.6 is 0 Å². The van der Waals surface area contributed by atoms with Gasteiger partial charge in [0.15, 0.2) is 6.29 Å². The van der Waals surface area contributed by atoms with E-state index in [1.165, 1.54) is 14.2 Å². The summed E-state index contributed by atoms with van der Waals surface area (Å²) in [6.07, 6.45) is 8.93. The zero-order chi connectivity index (χ0) is 45.1. The third kappa shape index (κ3) is 12.4. The predicted octanol–water partition coefficient (Wildman–Crippen LogP) is 3.80. The van der Waals surface area contributed by atoms with Crippen LogP contribution in [-0.4, -0.2) is 108 Å². The highest BCUT2D eigenvalue weighted by molar-refractivity contribution is 5.99. The lowest BCUT2D eigenvalue weighted by Crippen LogP contribution is -2.39. The molecular weight excluding hydrogens is 783 g/mol. The van der Waals surface area contributed by atoms with Crippen molar-refractivity contribution < 1.29 is 28.7 Å². The van der Waals surface area contributed by atoms with Crippen LogP contribution in [0.25, 0.3) is 11.0 Å². The summed E-state index contributed by atoms with van der Waals surface area (Å²) >= 11 is 0. The minimum absolute atomic E-state index is 0.0659. The summed E-state index contributed by atoms with van der Waals surface area (Å²) < 4.78 is 16.9. The summed E-state index contributed by atoms with van der Waals surface area (Å²) in [6.45, 7) is 13.9. The molecule has 0 saturated carbocycles. The molecule has 0 aliphatic rings. The van der Waals surface area contributed by atoms with Gasteiger partial charge >= 0.3 is 0 Å². The Morgan fingerprint density at radius 1 is 0.934 bits per heavy atom. The molecule has 0 saturated heterocycles. The molecule has 0 radical (unpaired) electrons. The smallest absolute Gasteiger partial charge is 0.270 e. The summed E-state index contributed by atoms with van der Waals surface area (Å²) in [4.78, 5) is 58.0. The van der Waals surface area contributed by atoms with Gasteiger partial charge < -0.3 is 46.8 Å². The van der Waals surface area contributed by atoms with Crippen LogP contribution in [0.1, 0.15) is 66.9 Å². The Kier molecular flexibility index (Phi) is 19.0. The Labute approximate surface area is 355 Å². The van der Waals surface area contributed by atoms with Crippen molar-refractivity contribution >= 4 is 59.5 Å². The molecule has 19 nitrogen and oxygen atoms in total. The molecule has 19 heteroatoms. The standard InChI is InChI=1S/C34H42N10O5.C7H10N2O.CH5N/c1-6-44-27(15-22(2)41-44)33(47)39-21-42(30-25(37-3)16-23(20-45)17-28(30)48-5)12-8-9-13-43-31-26(40-34(43)38-4)18-24(32(36)46)19-29(31)49-14-10-7-11-35;1-3-9-7(5-10)4-6(2)8-9;1-2/h7-10,15-20H,3,6,11-14,21,35H2,1-2,4-5H3,(H2,36,46)(H,38,40)(H,39,47);4-5H,3H2,1-2H3;2H2,1H3/b9-8+,10-7+;;. The largest absolute Gasteiger partial charge is 0.494 e.